The Morgan fingerprint density at radius 3 is 2.48 bits per heavy atom. The molecule has 0 atom stereocenters. The van der Waals surface area contributed by atoms with Gasteiger partial charge in [-0.2, -0.15) is 0 Å². The number of hydrogen-bond donors (Lipinski definition) is 0. The van der Waals surface area contributed by atoms with Gasteiger partial charge < -0.3 is 9.80 Å². The molecule has 5 rings (SSSR count). The van der Waals surface area contributed by atoms with Crippen LogP contribution in [0.15, 0.2) is 66.0 Å². The Hall–Kier alpha value is -3.16. The molecule has 8 heteroatoms. The highest BCUT2D eigenvalue weighted by molar-refractivity contribution is 7.14. The van der Waals surface area contributed by atoms with Gasteiger partial charge in [0.25, 0.3) is 5.69 Å². The number of thiazole rings is 1. The van der Waals surface area contributed by atoms with Crippen LogP contribution >= 0.6 is 22.9 Å². The van der Waals surface area contributed by atoms with Gasteiger partial charge in [0.15, 0.2) is 5.13 Å². The minimum absolute atomic E-state index is 0.0103. The molecule has 0 amide bonds. The number of rotatable bonds is 4. The van der Waals surface area contributed by atoms with E-state index in [2.05, 4.69) is 57.6 Å². The molecule has 4 aromatic rings. The molecule has 1 fully saturated rings. The van der Waals surface area contributed by atoms with Crippen molar-refractivity contribution in [1.29, 1.82) is 0 Å². The lowest BCUT2D eigenvalue weighted by molar-refractivity contribution is -0.384. The predicted octanol–water partition coefficient (Wildman–Crippen LogP) is 5.85. The summed E-state index contributed by atoms with van der Waals surface area (Å²) < 4.78 is 0. The van der Waals surface area contributed by atoms with Gasteiger partial charge in [0.2, 0.25) is 0 Å². The van der Waals surface area contributed by atoms with Crippen LogP contribution < -0.4 is 9.80 Å². The van der Waals surface area contributed by atoms with E-state index in [1.165, 1.54) is 22.9 Å². The summed E-state index contributed by atoms with van der Waals surface area (Å²) in [6.07, 6.45) is 0. The van der Waals surface area contributed by atoms with Gasteiger partial charge in [-0.3, -0.25) is 10.1 Å². The molecule has 31 heavy (non-hydrogen) atoms. The minimum atomic E-state index is -0.427. The Balaban J connectivity index is 1.32. The van der Waals surface area contributed by atoms with Crippen molar-refractivity contribution in [2.24, 2.45) is 0 Å². The van der Waals surface area contributed by atoms with Crippen LogP contribution in [0, 0.1) is 10.1 Å². The first-order chi connectivity index (χ1) is 15.1. The molecule has 3 aromatic carbocycles. The summed E-state index contributed by atoms with van der Waals surface area (Å²) in [5, 5.41) is 16.9. The standard InChI is InChI=1S/C23H19ClN4O2S/c24-20-14-17(28(29)30)8-9-22(20)26-10-12-27(13-11-26)23-25-21(15-31-23)19-7-3-5-16-4-1-2-6-18(16)19/h1-9,14-15H,10-13H2. The second-order valence-electron chi connectivity index (χ2n) is 7.41. The smallest absolute Gasteiger partial charge is 0.271 e. The average Bonchev–Trinajstić information content (AvgIpc) is 3.29. The summed E-state index contributed by atoms with van der Waals surface area (Å²) in [6.45, 7) is 3.19. The van der Waals surface area contributed by atoms with Gasteiger partial charge >= 0.3 is 0 Å². The molecule has 156 valence electrons. The fourth-order valence-corrected chi connectivity index (χ4v) is 5.16. The Morgan fingerprint density at radius 1 is 0.968 bits per heavy atom. The molecular formula is C23H19ClN4O2S. The van der Waals surface area contributed by atoms with E-state index in [0.717, 1.165) is 48.3 Å². The van der Waals surface area contributed by atoms with E-state index >= 15 is 0 Å². The Kier molecular flexibility index (Phi) is 5.21. The lowest BCUT2D eigenvalue weighted by Crippen LogP contribution is -2.46. The van der Waals surface area contributed by atoms with E-state index in [-0.39, 0.29) is 5.69 Å². The monoisotopic (exact) mass is 450 g/mol. The zero-order chi connectivity index (χ0) is 21.4. The van der Waals surface area contributed by atoms with Crippen LogP contribution in [-0.4, -0.2) is 36.1 Å². The van der Waals surface area contributed by atoms with Crippen LogP contribution in [0.25, 0.3) is 22.0 Å². The van der Waals surface area contributed by atoms with Crippen molar-refractivity contribution in [3.63, 3.8) is 0 Å². The number of halogens is 1. The Labute approximate surface area is 188 Å². The number of nitro groups is 1. The van der Waals surface area contributed by atoms with Crippen molar-refractivity contribution in [3.8, 4) is 11.3 Å². The molecular weight excluding hydrogens is 432 g/mol. The maximum Gasteiger partial charge on any atom is 0.271 e. The number of piperazine rings is 1. The van der Waals surface area contributed by atoms with Crippen LogP contribution in [0.3, 0.4) is 0 Å². The quantitative estimate of drug-likeness (QED) is 0.288. The molecule has 0 unspecified atom stereocenters. The molecule has 0 N–H and O–H groups in total. The molecule has 1 aliphatic rings. The summed E-state index contributed by atoms with van der Waals surface area (Å²) in [5.41, 5.74) is 2.99. The van der Waals surface area contributed by atoms with Crippen LogP contribution in [0.1, 0.15) is 0 Å². The molecule has 6 nitrogen and oxygen atoms in total. The lowest BCUT2D eigenvalue weighted by Gasteiger charge is -2.36. The van der Waals surface area contributed by atoms with Gasteiger partial charge in [0, 0.05) is 49.3 Å². The van der Waals surface area contributed by atoms with Crippen molar-refractivity contribution >= 4 is 50.2 Å². The summed E-state index contributed by atoms with van der Waals surface area (Å²) in [5.74, 6) is 0. The third-order valence-electron chi connectivity index (χ3n) is 5.59. The number of benzene rings is 3. The number of aromatic nitrogens is 1. The number of nitrogens with zero attached hydrogens (tertiary/aromatic N) is 4. The fourth-order valence-electron chi connectivity index (χ4n) is 3.99. The number of anilines is 2. The SMILES string of the molecule is O=[N+]([O-])c1ccc(N2CCN(c3nc(-c4cccc5ccccc45)cs3)CC2)c(Cl)c1. The van der Waals surface area contributed by atoms with Gasteiger partial charge in [0.1, 0.15) is 0 Å². The van der Waals surface area contributed by atoms with E-state index in [1.54, 1.807) is 17.4 Å². The topological polar surface area (TPSA) is 62.5 Å². The van der Waals surface area contributed by atoms with Gasteiger partial charge in [-0.05, 0) is 16.8 Å². The highest BCUT2D eigenvalue weighted by Gasteiger charge is 2.22. The highest BCUT2D eigenvalue weighted by atomic mass is 35.5. The van der Waals surface area contributed by atoms with E-state index in [9.17, 15) is 10.1 Å². The minimum Gasteiger partial charge on any atom is -0.367 e. The first kappa shape index (κ1) is 19.8. The molecule has 0 saturated carbocycles. The number of non-ortho nitro benzene ring substituents is 1. The van der Waals surface area contributed by atoms with Crippen molar-refractivity contribution in [3.05, 3.63) is 81.2 Å². The third-order valence-corrected chi connectivity index (χ3v) is 6.79. The Morgan fingerprint density at radius 2 is 1.71 bits per heavy atom. The first-order valence-electron chi connectivity index (χ1n) is 9.97. The third kappa shape index (κ3) is 3.82. The van der Waals surface area contributed by atoms with Crippen molar-refractivity contribution < 1.29 is 4.92 Å². The molecule has 1 aromatic heterocycles. The summed E-state index contributed by atoms with van der Waals surface area (Å²) in [7, 11) is 0. The molecule has 0 spiro atoms. The van der Waals surface area contributed by atoms with Gasteiger partial charge in [-0.15, -0.1) is 11.3 Å². The molecule has 2 heterocycles. The molecule has 0 bridgehead atoms. The first-order valence-corrected chi connectivity index (χ1v) is 11.2. The second-order valence-corrected chi connectivity index (χ2v) is 8.65. The van der Waals surface area contributed by atoms with Crippen molar-refractivity contribution in [1.82, 2.24) is 4.98 Å². The second kappa shape index (κ2) is 8.17. The zero-order valence-electron chi connectivity index (χ0n) is 16.6. The normalized spacial score (nSPS) is 14.2. The van der Waals surface area contributed by atoms with Crippen LogP contribution in [0.4, 0.5) is 16.5 Å². The lowest BCUT2D eigenvalue weighted by atomic mass is 10.0. The van der Waals surface area contributed by atoms with Gasteiger partial charge in [0.05, 0.1) is 21.3 Å². The molecule has 0 aliphatic carbocycles. The molecule has 0 radical (unpaired) electrons. The predicted molar refractivity (Wildman–Crippen MR) is 128 cm³/mol. The van der Waals surface area contributed by atoms with E-state index in [4.69, 9.17) is 16.6 Å². The number of nitro benzene ring substituents is 1. The number of fused-ring (bicyclic) bond motifs is 1. The summed E-state index contributed by atoms with van der Waals surface area (Å²) in [4.78, 5) is 19.9. The van der Waals surface area contributed by atoms with Crippen LogP contribution in [0.5, 0.6) is 0 Å². The fraction of sp³-hybridized carbons (Fsp3) is 0.174. The maximum atomic E-state index is 10.9. The van der Waals surface area contributed by atoms with Gasteiger partial charge in [-0.25, -0.2) is 4.98 Å². The summed E-state index contributed by atoms with van der Waals surface area (Å²) in [6, 6.07) is 19.3. The Bertz CT molecular complexity index is 1260. The highest BCUT2D eigenvalue weighted by Crippen LogP contribution is 2.34. The van der Waals surface area contributed by atoms with Crippen molar-refractivity contribution in [2.45, 2.75) is 0 Å². The van der Waals surface area contributed by atoms with E-state index in [0.29, 0.717) is 5.02 Å². The average molecular weight is 451 g/mol. The zero-order valence-corrected chi connectivity index (χ0v) is 18.1. The van der Waals surface area contributed by atoms with Crippen molar-refractivity contribution in [2.75, 3.05) is 36.0 Å². The summed E-state index contributed by atoms with van der Waals surface area (Å²) >= 11 is 7.97. The van der Waals surface area contributed by atoms with Gasteiger partial charge in [-0.1, -0.05) is 54.1 Å². The molecule has 1 aliphatic heterocycles. The maximum absolute atomic E-state index is 10.9. The van der Waals surface area contributed by atoms with E-state index < -0.39 is 4.92 Å². The van der Waals surface area contributed by atoms with E-state index in [1.807, 2.05) is 0 Å². The largest absolute Gasteiger partial charge is 0.367 e. The van der Waals surface area contributed by atoms with Crippen LogP contribution in [0.2, 0.25) is 5.02 Å². The molecule has 1 saturated heterocycles. The van der Waals surface area contributed by atoms with Crippen LogP contribution in [-0.2, 0) is 0 Å². The number of hydrogen-bond acceptors (Lipinski definition) is 6.